The minimum absolute atomic E-state index is 0.0562. The van der Waals surface area contributed by atoms with Crippen LogP contribution in [0.1, 0.15) is 25.2 Å². The van der Waals surface area contributed by atoms with Gasteiger partial charge in [0.05, 0.1) is 0 Å². The molecule has 1 aromatic heterocycles. The number of likely N-dealkylation sites (N-methyl/N-ethyl adjacent to an activating group) is 1. The summed E-state index contributed by atoms with van der Waals surface area (Å²) in [5.74, 6) is -1.28. The van der Waals surface area contributed by atoms with E-state index in [4.69, 9.17) is 0 Å². The molecule has 2 aromatic carbocycles. The van der Waals surface area contributed by atoms with Gasteiger partial charge in [-0.1, -0.05) is 41.7 Å². The first kappa shape index (κ1) is 20.6. The lowest BCUT2D eigenvalue weighted by Crippen LogP contribution is -2.32. The Morgan fingerprint density at radius 1 is 1.00 bits per heavy atom. The fourth-order valence-corrected chi connectivity index (χ4v) is 3.19. The predicted octanol–water partition coefficient (Wildman–Crippen LogP) is 2.79. The van der Waals surface area contributed by atoms with Crippen LogP contribution in [-0.2, 0) is 6.54 Å². The number of amides is 2. The van der Waals surface area contributed by atoms with Crippen molar-refractivity contribution in [3.8, 4) is 0 Å². The molecule has 0 spiro atoms. The normalized spacial score (nSPS) is 10.7. The second-order valence-electron chi connectivity index (χ2n) is 6.35. The zero-order chi connectivity index (χ0) is 20.6. The first-order valence-corrected chi connectivity index (χ1v) is 9.74. The largest absolute Gasteiger partial charge is 0.349 e. The molecule has 0 unspecified atom stereocenters. The second-order valence-corrected chi connectivity index (χ2v) is 7.33. The maximum atomic E-state index is 12.9. The molecular formula is C20H20FN5O2S. The van der Waals surface area contributed by atoms with Gasteiger partial charge in [0.15, 0.2) is 0 Å². The average Bonchev–Trinajstić information content (AvgIpc) is 3.21. The molecule has 2 N–H and O–H groups in total. The summed E-state index contributed by atoms with van der Waals surface area (Å²) in [6.45, 7) is 1.89. The van der Waals surface area contributed by atoms with E-state index in [1.165, 1.54) is 29.8 Å². The molecule has 2 amide bonds. The number of carbonyl (C=O) groups is 2. The van der Waals surface area contributed by atoms with E-state index in [-0.39, 0.29) is 15.9 Å². The fraction of sp³-hybridized carbons (Fsp3) is 0.200. The van der Waals surface area contributed by atoms with Crippen molar-refractivity contribution in [2.45, 2.75) is 6.54 Å². The number of carbonyl (C=O) groups excluding carboxylic acids is 2. The molecule has 0 fully saturated rings. The van der Waals surface area contributed by atoms with E-state index in [9.17, 15) is 14.0 Å². The Labute approximate surface area is 171 Å². The van der Waals surface area contributed by atoms with Gasteiger partial charge in [0, 0.05) is 25.3 Å². The molecule has 0 saturated heterocycles. The molecule has 0 bridgehead atoms. The van der Waals surface area contributed by atoms with Crippen molar-refractivity contribution in [2.24, 2.45) is 0 Å². The van der Waals surface area contributed by atoms with Gasteiger partial charge in [-0.2, -0.15) is 0 Å². The van der Waals surface area contributed by atoms with Crippen molar-refractivity contribution in [3.05, 3.63) is 76.0 Å². The van der Waals surface area contributed by atoms with E-state index in [1.54, 1.807) is 0 Å². The molecule has 29 heavy (non-hydrogen) atoms. The number of benzene rings is 2. The molecular weight excluding hydrogens is 393 g/mol. The lowest BCUT2D eigenvalue weighted by molar-refractivity contribution is 0.0947. The zero-order valence-electron chi connectivity index (χ0n) is 15.8. The third-order valence-corrected chi connectivity index (χ3v) is 4.91. The highest BCUT2D eigenvalue weighted by Crippen LogP contribution is 2.14. The molecule has 0 aliphatic rings. The van der Waals surface area contributed by atoms with Crippen LogP contribution in [-0.4, -0.2) is 47.0 Å². The van der Waals surface area contributed by atoms with Crippen LogP contribution in [0.4, 0.5) is 10.1 Å². The molecule has 1 heterocycles. The monoisotopic (exact) mass is 413 g/mol. The van der Waals surface area contributed by atoms with Crippen molar-refractivity contribution in [2.75, 3.05) is 25.5 Å². The summed E-state index contributed by atoms with van der Waals surface area (Å²) in [6.07, 6.45) is 0. The molecule has 0 atom stereocenters. The van der Waals surface area contributed by atoms with Crippen LogP contribution >= 0.6 is 11.3 Å². The van der Waals surface area contributed by atoms with E-state index < -0.39 is 11.7 Å². The van der Waals surface area contributed by atoms with Gasteiger partial charge in [0.1, 0.15) is 5.82 Å². The van der Waals surface area contributed by atoms with Crippen LogP contribution in [0, 0.1) is 5.82 Å². The standard InChI is InChI=1S/C20H20FN5O2S/c1-26(13-14-5-3-2-4-6-14)12-11-22-17(27)19-24-25-20(29-19)18(28)23-16-9-7-15(21)8-10-16/h2-10H,11-13H2,1H3,(H,22,27)(H,23,28). The predicted molar refractivity (Wildman–Crippen MR) is 109 cm³/mol. The number of hydrogen-bond donors (Lipinski definition) is 2. The Morgan fingerprint density at radius 2 is 1.66 bits per heavy atom. The number of nitrogens with zero attached hydrogens (tertiary/aromatic N) is 3. The minimum atomic E-state index is -0.504. The SMILES string of the molecule is CN(CCNC(=O)c1nnc(C(=O)Nc2ccc(F)cc2)s1)Cc1ccccc1. The summed E-state index contributed by atoms with van der Waals surface area (Å²) in [5.41, 5.74) is 1.63. The van der Waals surface area contributed by atoms with Crippen LogP contribution in [0.25, 0.3) is 0 Å². The highest BCUT2D eigenvalue weighted by atomic mass is 32.1. The maximum Gasteiger partial charge on any atom is 0.286 e. The first-order valence-electron chi connectivity index (χ1n) is 8.92. The Balaban J connectivity index is 1.46. The first-order chi connectivity index (χ1) is 14.0. The quantitative estimate of drug-likeness (QED) is 0.593. The van der Waals surface area contributed by atoms with Gasteiger partial charge in [0.25, 0.3) is 11.8 Å². The van der Waals surface area contributed by atoms with Crippen molar-refractivity contribution < 1.29 is 14.0 Å². The molecule has 0 aliphatic heterocycles. The fourth-order valence-electron chi connectivity index (χ4n) is 2.53. The number of nitrogens with one attached hydrogen (secondary N) is 2. The summed E-state index contributed by atoms with van der Waals surface area (Å²) in [6, 6.07) is 15.4. The highest BCUT2D eigenvalue weighted by Gasteiger charge is 2.17. The number of halogens is 1. The zero-order valence-corrected chi connectivity index (χ0v) is 16.6. The van der Waals surface area contributed by atoms with Gasteiger partial charge in [-0.15, -0.1) is 10.2 Å². The maximum absolute atomic E-state index is 12.9. The Bertz CT molecular complexity index is 963. The molecule has 0 radical (unpaired) electrons. The van der Waals surface area contributed by atoms with Crippen molar-refractivity contribution in [1.82, 2.24) is 20.4 Å². The van der Waals surface area contributed by atoms with E-state index in [0.29, 0.717) is 18.8 Å². The molecule has 3 rings (SSSR count). The Morgan fingerprint density at radius 3 is 2.34 bits per heavy atom. The third-order valence-electron chi connectivity index (χ3n) is 3.99. The lowest BCUT2D eigenvalue weighted by atomic mass is 10.2. The van der Waals surface area contributed by atoms with E-state index >= 15 is 0 Å². The van der Waals surface area contributed by atoms with Gasteiger partial charge >= 0.3 is 0 Å². The van der Waals surface area contributed by atoms with Gasteiger partial charge < -0.3 is 15.5 Å². The van der Waals surface area contributed by atoms with Crippen molar-refractivity contribution in [1.29, 1.82) is 0 Å². The van der Waals surface area contributed by atoms with Gasteiger partial charge in [0.2, 0.25) is 10.0 Å². The van der Waals surface area contributed by atoms with Gasteiger partial charge in [-0.05, 0) is 36.9 Å². The lowest BCUT2D eigenvalue weighted by Gasteiger charge is -2.16. The van der Waals surface area contributed by atoms with Crippen LogP contribution in [0.15, 0.2) is 54.6 Å². The molecule has 7 nitrogen and oxygen atoms in total. The molecule has 0 saturated carbocycles. The molecule has 9 heteroatoms. The van der Waals surface area contributed by atoms with Crippen LogP contribution < -0.4 is 10.6 Å². The number of aromatic nitrogens is 2. The van der Waals surface area contributed by atoms with Crippen LogP contribution in [0.5, 0.6) is 0 Å². The third kappa shape index (κ3) is 6.16. The Hall–Kier alpha value is -3.17. The van der Waals surface area contributed by atoms with Crippen molar-refractivity contribution >= 4 is 28.8 Å². The molecule has 0 aliphatic carbocycles. The van der Waals surface area contributed by atoms with E-state index in [0.717, 1.165) is 17.9 Å². The Kier molecular flexibility index (Phi) is 6.99. The smallest absolute Gasteiger partial charge is 0.286 e. The van der Waals surface area contributed by atoms with Gasteiger partial charge in [-0.25, -0.2) is 4.39 Å². The van der Waals surface area contributed by atoms with Crippen LogP contribution in [0.2, 0.25) is 0 Å². The second kappa shape index (κ2) is 9.85. The summed E-state index contributed by atoms with van der Waals surface area (Å²) in [4.78, 5) is 26.5. The summed E-state index contributed by atoms with van der Waals surface area (Å²) < 4.78 is 12.9. The summed E-state index contributed by atoms with van der Waals surface area (Å²) in [7, 11) is 1.97. The van der Waals surface area contributed by atoms with Crippen LogP contribution in [0.3, 0.4) is 0 Å². The topological polar surface area (TPSA) is 87.2 Å². The number of hydrogen-bond acceptors (Lipinski definition) is 6. The van der Waals surface area contributed by atoms with Crippen molar-refractivity contribution in [3.63, 3.8) is 0 Å². The van der Waals surface area contributed by atoms with Gasteiger partial charge in [-0.3, -0.25) is 9.59 Å². The average molecular weight is 413 g/mol. The molecule has 150 valence electrons. The minimum Gasteiger partial charge on any atom is -0.349 e. The number of anilines is 1. The highest BCUT2D eigenvalue weighted by molar-refractivity contribution is 7.15. The van der Waals surface area contributed by atoms with E-state index in [1.807, 2.05) is 25.2 Å². The number of rotatable bonds is 8. The summed E-state index contributed by atoms with van der Waals surface area (Å²) >= 11 is 0.899. The summed E-state index contributed by atoms with van der Waals surface area (Å²) in [5, 5.41) is 13.1. The van der Waals surface area contributed by atoms with E-state index in [2.05, 4.69) is 37.9 Å². The molecule has 3 aromatic rings.